The Morgan fingerprint density at radius 3 is 2.74 bits per heavy atom. The van der Waals surface area contributed by atoms with Gasteiger partial charge in [0, 0.05) is 17.2 Å². The highest BCUT2D eigenvalue weighted by Crippen LogP contribution is 2.29. The molecule has 0 bridgehead atoms. The van der Waals surface area contributed by atoms with Crippen LogP contribution in [0.2, 0.25) is 5.15 Å². The fourth-order valence-electron chi connectivity index (χ4n) is 2.11. The zero-order valence-electron chi connectivity index (χ0n) is 10.1. The summed E-state index contributed by atoms with van der Waals surface area (Å²) >= 11 is 8.95. The number of nitrogens with zero attached hydrogens (tertiary/aromatic N) is 1. The van der Waals surface area contributed by atoms with Crippen LogP contribution in [-0.4, -0.2) is 30.7 Å². The molecule has 2 rings (SSSR count). The minimum Gasteiger partial charge on any atom is -0.389 e. The minimum absolute atomic E-state index is 0.00181. The molecule has 1 fully saturated rings. The highest BCUT2D eigenvalue weighted by molar-refractivity contribution is 9.10. The summed E-state index contributed by atoms with van der Waals surface area (Å²) in [4.78, 5) is 3.69. The monoisotopic (exact) mass is 368 g/mol. The van der Waals surface area contributed by atoms with Crippen LogP contribution in [0.3, 0.4) is 0 Å². The molecule has 5 nitrogen and oxygen atoms in total. The molecule has 1 aliphatic carbocycles. The molecule has 19 heavy (non-hydrogen) atoms. The van der Waals surface area contributed by atoms with E-state index in [1.165, 1.54) is 12.3 Å². The van der Waals surface area contributed by atoms with E-state index in [1.807, 2.05) is 0 Å². The average molecular weight is 370 g/mol. The zero-order chi connectivity index (χ0) is 14.1. The van der Waals surface area contributed by atoms with E-state index >= 15 is 0 Å². The van der Waals surface area contributed by atoms with E-state index in [1.54, 1.807) is 0 Å². The van der Waals surface area contributed by atoms with Crippen molar-refractivity contribution in [1.82, 2.24) is 9.71 Å². The van der Waals surface area contributed by atoms with Gasteiger partial charge >= 0.3 is 0 Å². The van der Waals surface area contributed by atoms with Gasteiger partial charge in [-0.2, -0.15) is 0 Å². The van der Waals surface area contributed by atoms with Crippen molar-refractivity contribution in [3.63, 3.8) is 0 Å². The van der Waals surface area contributed by atoms with Crippen molar-refractivity contribution in [3.8, 4) is 0 Å². The zero-order valence-corrected chi connectivity index (χ0v) is 13.2. The van der Waals surface area contributed by atoms with E-state index in [0.717, 1.165) is 12.8 Å². The lowest BCUT2D eigenvalue weighted by atomic mass is 10.0. The number of aromatic nitrogens is 1. The molecular formula is C11H14BrClN2O3S. The molecule has 0 amide bonds. The Balaban J connectivity index is 2.16. The molecular weight excluding hydrogens is 356 g/mol. The van der Waals surface area contributed by atoms with E-state index in [2.05, 4.69) is 25.6 Å². The van der Waals surface area contributed by atoms with E-state index in [-0.39, 0.29) is 16.6 Å². The molecule has 106 valence electrons. The first-order valence-corrected chi connectivity index (χ1v) is 8.51. The minimum atomic E-state index is -3.77. The third-order valence-electron chi connectivity index (χ3n) is 3.19. The number of pyridine rings is 1. The van der Waals surface area contributed by atoms with Crippen molar-refractivity contribution < 1.29 is 13.5 Å². The highest BCUT2D eigenvalue weighted by atomic mass is 79.9. The first kappa shape index (κ1) is 15.2. The third kappa shape index (κ3) is 3.66. The molecule has 2 N–H and O–H groups in total. The molecule has 0 unspecified atom stereocenters. The smallest absolute Gasteiger partial charge is 0.243 e. The topological polar surface area (TPSA) is 79.3 Å². The van der Waals surface area contributed by atoms with Gasteiger partial charge in [-0.1, -0.05) is 24.4 Å². The van der Waals surface area contributed by atoms with Gasteiger partial charge in [0.1, 0.15) is 10.0 Å². The fourth-order valence-corrected chi connectivity index (χ4v) is 4.17. The second kappa shape index (κ2) is 5.65. The Kier molecular flexibility index (Phi) is 4.52. The van der Waals surface area contributed by atoms with Crippen LogP contribution in [0.5, 0.6) is 0 Å². The van der Waals surface area contributed by atoms with Crippen LogP contribution in [0.25, 0.3) is 0 Å². The van der Waals surface area contributed by atoms with E-state index in [0.29, 0.717) is 17.3 Å². The molecule has 0 atom stereocenters. The molecule has 8 heteroatoms. The largest absolute Gasteiger partial charge is 0.389 e. The van der Waals surface area contributed by atoms with Crippen LogP contribution in [0.4, 0.5) is 0 Å². The number of halogens is 2. The Morgan fingerprint density at radius 1 is 1.47 bits per heavy atom. The molecule has 1 heterocycles. The second-order valence-corrected chi connectivity index (χ2v) is 7.71. The molecule has 0 aromatic carbocycles. The van der Waals surface area contributed by atoms with Crippen LogP contribution in [0.15, 0.2) is 21.6 Å². The van der Waals surface area contributed by atoms with Crippen molar-refractivity contribution >= 4 is 37.6 Å². The quantitative estimate of drug-likeness (QED) is 0.796. The second-order valence-electron chi connectivity index (χ2n) is 4.70. The molecule has 0 spiro atoms. The average Bonchev–Trinajstić information content (AvgIpc) is 2.78. The van der Waals surface area contributed by atoms with Gasteiger partial charge in [-0.3, -0.25) is 0 Å². The predicted octanol–water partition coefficient (Wildman–Crippen LogP) is 2.08. The Hall–Kier alpha value is -0.210. The molecule has 0 aliphatic heterocycles. The summed E-state index contributed by atoms with van der Waals surface area (Å²) in [6, 6.07) is 1.39. The van der Waals surface area contributed by atoms with Crippen molar-refractivity contribution in [2.75, 3.05) is 6.54 Å². The molecule has 1 aromatic rings. The normalized spacial score (nSPS) is 18.7. The fraction of sp³-hybridized carbons (Fsp3) is 0.545. The van der Waals surface area contributed by atoms with Gasteiger partial charge in [0.25, 0.3) is 0 Å². The Morgan fingerprint density at radius 2 is 2.11 bits per heavy atom. The maximum absolute atomic E-state index is 12.1. The third-order valence-corrected chi connectivity index (χ3v) is 5.45. The Labute approximate surface area is 125 Å². The summed E-state index contributed by atoms with van der Waals surface area (Å²) in [5.74, 6) is 0. The first-order valence-electron chi connectivity index (χ1n) is 5.86. The van der Waals surface area contributed by atoms with Crippen LogP contribution in [0, 0.1) is 0 Å². The van der Waals surface area contributed by atoms with E-state index in [9.17, 15) is 13.5 Å². The summed E-state index contributed by atoms with van der Waals surface area (Å²) in [6.45, 7) is -0.00181. The van der Waals surface area contributed by atoms with Gasteiger partial charge in [-0.25, -0.2) is 18.1 Å². The van der Waals surface area contributed by atoms with Crippen LogP contribution in [0.1, 0.15) is 25.7 Å². The number of hydrogen-bond donors (Lipinski definition) is 2. The summed E-state index contributed by atoms with van der Waals surface area (Å²) in [5, 5.41) is 10.1. The highest BCUT2D eigenvalue weighted by Gasteiger charge is 2.33. The first-order chi connectivity index (χ1) is 8.82. The summed E-state index contributed by atoms with van der Waals surface area (Å²) < 4.78 is 27.2. The van der Waals surface area contributed by atoms with Gasteiger partial charge in [0.2, 0.25) is 10.0 Å². The lowest BCUT2D eigenvalue weighted by Crippen LogP contribution is -2.40. The van der Waals surface area contributed by atoms with E-state index in [4.69, 9.17) is 11.6 Å². The number of sulfonamides is 1. The van der Waals surface area contributed by atoms with Crippen LogP contribution in [-0.2, 0) is 10.0 Å². The lowest BCUT2D eigenvalue weighted by Gasteiger charge is -2.22. The predicted molar refractivity (Wildman–Crippen MR) is 75.6 cm³/mol. The van der Waals surface area contributed by atoms with Gasteiger partial charge in [0.05, 0.1) is 5.60 Å². The number of rotatable bonds is 4. The number of aliphatic hydroxyl groups is 1. The van der Waals surface area contributed by atoms with Crippen LogP contribution < -0.4 is 4.72 Å². The summed E-state index contributed by atoms with van der Waals surface area (Å²) in [5.41, 5.74) is -0.945. The van der Waals surface area contributed by atoms with Crippen molar-refractivity contribution in [3.05, 3.63) is 21.9 Å². The van der Waals surface area contributed by atoms with Crippen LogP contribution >= 0.6 is 27.5 Å². The van der Waals surface area contributed by atoms with Crippen molar-refractivity contribution in [2.45, 2.75) is 36.2 Å². The maximum atomic E-state index is 12.1. The molecule has 1 aromatic heterocycles. The maximum Gasteiger partial charge on any atom is 0.243 e. The number of nitrogens with one attached hydrogen (secondary N) is 1. The van der Waals surface area contributed by atoms with Gasteiger partial charge in [-0.15, -0.1) is 0 Å². The van der Waals surface area contributed by atoms with Gasteiger partial charge < -0.3 is 5.11 Å². The molecule has 1 saturated carbocycles. The van der Waals surface area contributed by atoms with Crippen molar-refractivity contribution in [1.29, 1.82) is 0 Å². The lowest BCUT2D eigenvalue weighted by molar-refractivity contribution is 0.0532. The Bertz CT molecular complexity index is 573. The molecule has 0 radical (unpaired) electrons. The summed E-state index contributed by atoms with van der Waals surface area (Å²) in [7, 11) is -3.77. The van der Waals surface area contributed by atoms with Crippen molar-refractivity contribution in [2.24, 2.45) is 0 Å². The number of hydrogen-bond acceptors (Lipinski definition) is 4. The molecule has 1 aliphatic rings. The summed E-state index contributed by atoms with van der Waals surface area (Å²) in [6.07, 6.45) is 4.47. The SMILES string of the molecule is O=S(=O)(NCC1(O)CCCC1)c1cc(Br)cnc1Cl. The van der Waals surface area contributed by atoms with E-state index < -0.39 is 15.6 Å². The van der Waals surface area contributed by atoms with Gasteiger partial charge in [0.15, 0.2) is 0 Å². The van der Waals surface area contributed by atoms with Gasteiger partial charge in [-0.05, 0) is 34.8 Å². The standard InChI is InChI=1S/C11H14BrClN2O3S/c12-8-5-9(10(13)14-6-8)19(17,18)15-7-11(16)3-1-2-4-11/h5-6,15-16H,1-4,7H2. The molecule has 0 saturated heterocycles.